The Bertz CT molecular complexity index is 1310. The molecule has 2 amide bonds. The second kappa shape index (κ2) is 8.96. The van der Waals surface area contributed by atoms with E-state index < -0.39 is 0 Å². The number of nitrogens with one attached hydrogen (secondary N) is 1. The normalized spacial score (nSPS) is 13.1. The summed E-state index contributed by atoms with van der Waals surface area (Å²) in [5.41, 5.74) is 4.23. The van der Waals surface area contributed by atoms with Crippen LogP contribution >= 0.6 is 22.7 Å². The highest BCUT2D eigenvalue weighted by atomic mass is 32.1. The average Bonchev–Trinajstić information content (AvgIpc) is 3.38. The highest BCUT2D eigenvalue weighted by Crippen LogP contribution is 2.45. The molecule has 0 saturated carbocycles. The first-order chi connectivity index (χ1) is 16.0. The molecular formula is C25H23N3O3S2. The van der Waals surface area contributed by atoms with Gasteiger partial charge in [0, 0.05) is 23.9 Å². The standard InChI is InChI=1S/C25H23N3O3S2/c1-15-7-9-17(10-8-15)31-14-22(30)27-25-23(24-26-19-5-3-4-6-20(19)32-24)18-11-12-28(16(2)29)13-21(18)33-25/h3-10H,11-14H2,1-2H3,(H,27,30). The number of carbonyl (C=O) groups is 2. The molecular weight excluding hydrogens is 454 g/mol. The van der Waals surface area contributed by atoms with Gasteiger partial charge in [0.2, 0.25) is 5.91 Å². The molecule has 33 heavy (non-hydrogen) atoms. The smallest absolute Gasteiger partial charge is 0.262 e. The lowest BCUT2D eigenvalue weighted by molar-refractivity contribution is -0.129. The lowest BCUT2D eigenvalue weighted by Gasteiger charge is -2.26. The number of thiophene rings is 1. The van der Waals surface area contributed by atoms with Crippen LogP contribution in [-0.2, 0) is 22.6 Å². The summed E-state index contributed by atoms with van der Waals surface area (Å²) in [6.45, 7) is 4.75. The van der Waals surface area contributed by atoms with Crippen LogP contribution in [0.3, 0.4) is 0 Å². The van der Waals surface area contributed by atoms with Crippen molar-refractivity contribution >= 4 is 49.7 Å². The Hall–Kier alpha value is -3.23. The Kier molecular flexibility index (Phi) is 5.86. The Morgan fingerprint density at radius 1 is 1.12 bits per heavy atom. The molecule has 168 valence electrons. The quantitative estimate of drug-likeness (QED) is 0.426. The summed E-state index contributed by atoms with van der Waals surface area (Å²) in [6, 6.07) is 15.7. The minimum atomic E-state index is -0.222. The maximum absolute atomic E-state index is 12.8. The lowest BCUT2D eigenvalue weighted by atomic mass is 10.0. The van der Waals surface area contributed by atoms with Crippen LogP contribution in [0.25, 0.3) is 20.8 Å². The molecule has 0 bridgehead atoms. The zero-order valence-electron chi connectivity index (χ0n) is 18.4. The number of benzene rings is 2. The van der Waals surface area contributed by atoms with Crippen LogP contribution in [0, 0.1) is 6.92 Å². The van der Waals surface area contributed by atoms with Gasteiger partial charge in [0.15, 0.2) is 6.61 Å². The first-order valence-corrected chi connectivity index (χ1v) is 12.4. The number of para-hydroxylation sites is 1. The van der Waals surface area contributed by atoms with E-state index in [0.717, 1.165) is 42.7 Å². The molecule has 8 heteroatoms. The van der Waals surface area contributed by atoms with Crippen molar-refractivity contribution < 1.29 is 14.3 Å². The van der Waals surface area contributed by atoms with E-state index in [1.807, 2.05) is 54.3 Å². The minimum absolute atomic E-state index is 0.0627. The molecule has 4 aromatic rings. The molecule has 5 rings (SSSR count). The molecule has 0 atom stereocenters. The fraction of sp³-hybridized carbons (Fsp3) is 0.240. The molecule has 0 saturated heterocycles. The zero-order chi connectivity index (χ0) is 22.9. The van der Waals surface area contributed by atoms with Crippen molar-refractivity contribution in [2.24, 2.45) is 0 Å². The van der Waals surface area contributed by atoms with Crippen LogP contribution in [0.4, 0.5) is 5.00 Å². The summed E-state index contributed by atoms with van der Waals surface area (Å²) in [5, 5.41) is 4.71. The van der Waals surface area contributed by atoms with Gasteiger partial charge < -0.3 is 15.0 Å². The van der Waals surface area contributed by atoms with Crippen molar-refractivity contribution in [2.75, 3.05) is 18.5 Å². The third kappa shape index (κ3) is 4.49. The third-order valence-corrected chi connectivity index (χ3v) is 7.84. The Morgan fingerprint density at radius 2 is 1.91 bits per heavy atom. The van der Waals surface area contributed by atoms with Gasteiger partial charge in [0.25, 0.3) is 5.91 Å². The second-order valence-electron chi connectivity index (χ2n) is 8.04. The molecule has 0 unspecified atom stereocenters. The number of aromatic nitrogens is 1. The number of fused-ring (bicyclic) bond motifs is 2. The molecule has 1 aliphatic heterocycles. The van der Waals surface area contributed by atoms with E-state index in [9.17, 15) is 9.59 Å². The number of anilines is 1. The molecule has 1 N–H and O–H groups in total. The fourth-order valence-corrected chi connectivity index (χ4v) is 6.30. The fourth-order valence-electron chi connectivity index (χ4n) is 3.91. The SMILES string of the molecule is CC(=O)N1CCc2c(sc(NC(=O)COc3ccc(C)cc3)c2-c2nc3ccccc3s2)C1. The van der Waals surface area contributed by atoms with Crippen LogP contribution < -0.4 is 10.1 Å². The first-order valence-electron chi connectivity index (χ1n) is 10.7. The van der Waals surface area contributed by atoms with Crippen molar-refractivity contribution in [1.82, 2.24) is 9.88 Å². The third-order valence-electron chi connectivity index (χ3n) is 5.65. The van der Waals surface area contributed by atoms with Gasteiger partial charge in [-0.15, -0.1) is 22.7 Å². The van der Waals surface area contributed by atoms with Gasteiger partial charge in [-0.05, 0) is 43.2 Å². The summed E-state index contributed by atoms with van der Waals surface area (Å²) in [6.07, 6.45) is 0.742. The molecule has 2 aromatic carbocycles. The number of hydrogen-bond donors (Lipinski definition) is 1. The molecule has 3 heterocycles. The molecule has 0 fully saturated rings. The zero-order valence-corrected chi connectivity index (χ0v) is 20.0. The molecule has 2 aromatic heterocycles. The van der Waals surface area contributed by atoms with Gasteiger partial charge in [-0.25, -0.2) is 4.98 Å². The van der Waals surface area contributed by atoms with E-state index in [4.69, 9.17) is 9.72 Å². The van der Waals surface area contributed by atoms with Gasteiger partial charge >= 0.3 is 0 Å². The molecule has 0 radical (unpaired) electrons. The molecule has 6 nitrogen and oxygen atoms in total. The number of aryl methyl sites for hydroxylation is 1. The number of carbonyl (C=O) groups excluding carboxylic acids is 2. The van der Waals surface area contributed by atoms with E-state index in [1.165, 1.54) is 16.9 Å². The minimum Gasteiger partial charge on any atom is -0.484 e. The van der Waals surface area contributed by atoms with Crippen molar-refractivity contribution in [3.63, 3.8) is 0 Å². The van der Waals surface area contributed by atoms with Crippen molar-refractivity contribution in [1.29, 1.82) is 0 Å². The molecule has 1 aliphatic rings. The van der Waals surface area contributed by atoms with Crippen LogP contribution in [0.1, 0.15) is 22.9 Å². The molecule has 0 spiro atoms. The Balaban J connectivity index is 1.44. The van der Waals surface area contributed by atoms with Gasteiger partial charge in [0.05, 0.1) is 16.8 Å². The summed E-state index contributed by atoms with van der Waals surface area (Å²) in [5.74, 6) is 0.498. The number of hydrogen-bond acceptors (Lipinski definition) is 6. The van der Waals surface area contributed by atoms with Crippen LogP contribution in [0.2, 0.25) is 0 Å². The predicted molar refractivity (Wildman–Crippen MR) is 133 cm³/mol. The Morgan fingerprint density at radius 3 is 2.67 bits per heavy atom. The maximum Gasteiger partial charge on any atom is 0.262 e. The summed E-state index contributed by atoms with van der Waals surface area (Å²) in [7, 11) is 0. The van der Waals surface area contributed by atoms with Crippen LogP contribution in [0.5, 0.6) is 5.75 Å². The highest BCUT2D eigenvalue weighted by Gasteiger charge is 2.28. The number of nitrogens with zero attached hydrogens (tertiary/aromatic N) is 2. The summed E-state index contributed by atoms with van der Waals surface area (Å²) >= 11 is 3.15. The van der Waals surface area contributed by atoms with E-state index in [1.54, 1.807) is 18.3 Å². The number of amides is 2. The Labute approximate surface area is 199 Å². The highest BCUT2D eigenvalue weighted by molar-refractivity contribution is 7.22. The number of ether oxygens (including phenoxy) is 1. The van der Waals surface area contributed by atoms with Gasteiger partial charge in [-0.1, -0.05) is 29.8 Å². The predicted octanol–water partition coefficient (Wildman–Crippen LogP) is 5.26. The largest absolute Gasteiger partial charge is 0.484 e. The van der Waals surface area contributed by atoms with E-state index in [-0.39, 0.29) is 18.4 Å². The van der Waals surface area contributed by atoms with Crippen molar-refractivity contribution in [3.05, 3.63) is 64.5 Å². The van der Waals surface area contributed by atoms with Gasteiger partial charge in [-0.2, -0.15) is 0 Å². The van der Waals surface area contributed by atoms with Crippen molar-refractivity contribution in [2.45, 2.75) is 26.8 Å². The average molecular weight is 478 g/mol. The van der Waals surface area contributed by atoms with E-state index in [0.29, 0.717) is 18.8 Å². The van der Waals surface area contributed by atoms with Gasteiger partial charge in [0.1, 0.15) is 15.8 Å². The van der Waals surface area contributed by atoms with Gasteiger partial charge in [-0.3, -0.25) is 9.59 Å². The van der Waals surface area contributed by atoms with Crippen LogP contribution in [-0.4, -0.2) is 34.8 Å². The second-order valence-corrected chi connectivity index (χ2v) is 10.2. The van der Waals surface area contributed by atoms with Crippen LogP contribution in [0.15, 0.2) is 48.5 Å². The summed E-state index contributed by atoms with van der Waals surface area (Å²) in [4.78, 5) is 32.5. The molecule has 0 aliphatic carbocycles. The maximum atomic E-state index is 12.8. The monoisotopic (exact) mass is 477 g/mol. The van der Waals surface area contributed by atoms with Crippen molar-refractivity contribution in [3.8, 4) is 16.3 Å². The van der Waals surface area contributed by atoms with E-state index in [2.05, 4.69) is 11.4 Å². The topological polar surface area (TPSA) is 71.5 Å². The van der Waals surface area contributed by atoms with E-state index >= 15 is 0 Å². The summed E-state index contributed by atoms with van der Waals surface area (Å²) < 4.78 is 6.77. The first kappa shape index (κ1) is 21.6. The lowest BCUT2D eigenvalue weighted by Crippen LogP contribution is -2.33. The number of rotatable bonds is 5. The number of thiazole rings is 1.